The number of halogens is 1. The number of aromatic carboxylic acids is 1. The third-order valence-electron chi connectivity index (χ3n) is 4.45. The Labute approximate surface area is 130 Å². The van der Waals surface area contributed by atoms with E-state index < -0.39 is 16.0 Å². The maximum atomic E-state index is 12.4. The van der Waals surface area contributed by atoms with Gasteiger partial charge in [0, 0.05) is 6.04 Å². The Kier molecular flexibility index (Phi) is 3.61. The summed E-state index contributed by atoms with van der Waals surface area (Å²) in [6.07, 6.45) is 0. The van der Waals surface area contributed by atoms with E-state index in [1.165, 1.54) is 6.07 Å². The number of thiophene rings is 1. The Bertz CT molecular complexity index is 662. The number of hydrogen-bond acceptors (Lipinski definition) is 4. The highest BCUT2D eigenvalue weighted by atomic mass is 79.9. The molecule has 2 rings (SSSR count). The topological polar surface area (TPSA) is 83.5 Å². The van der Waals surface area contributed by atoms with Crippen LogP contribution < -0.4 is 4.72 Å². The van der Waals surface area contributed by atoms with Crippen molar-refractivity contribution >= 4 is 43.3 Å². The number of carbonyl (C=O) groups is 1. The molecular weight excluding hydrogens is 366 g/mol. The van der Waals surface area contributed by atoms with Crippen LogP contribution in [0.4, 0.5) is 0 Å². The van der Waals surface area contributed by atoms with Crippen LogP contribution in [0.2, 0.25) is 0 Å². The van der Waals surface area contributed by atoms with Crippen molar-refractivity contribution < 1.29 is 18.3 Å². The minimum Gasteiger partial charge on any atom is -0.477 e. The van der Waals surface area contributed by atoms with Crippen LogP contribution in [-0.2, 0) is 10.0 Å². The Morgan fingerprint density at radius 2 is 1.85 bits per heavy atom. The zero-order valence-corrected chi connectivity index (χ0v) is 14.7. The largest absolute Gasteiger partial charge is 0.477 e. The maximum Gasteiger partial charge on any atom is 0.345 e. The second-order valence-electron chi connectivity index (χ2n) is 6.05. The van der Waals surface area contributed by atoms with Crippen LogP contribution in [0.25, 0.3) is 0 Å². The molecule has 0 unspecified atom stereocenters. The third-order valence-corrected chi connectivity index (χ3v) is 8.11. The molecule has 0 atom stereocenters. The number of carboxylic acids is 1. The fraction of sp³-hybridized carbons (Fsp3) is 0.583. The molecule has 1 aliphatic rings. The molecule has 0 bridgehead atoms. The maximum absolute atomic E-state index is 12.4. The first-order chi connectivity index (χ1) is 8.91. The summed E-state index contributed by atoms with van der Waals surface area (Å²) in [5.74, 6) is -1.13. The van der Waals surface area contributed by atoms with Gasteiger partial charge in [0.2, 0.25) is 10.0 Å². The summed E-state index contributed by atoms with van der Waals surface area (Å²) in [5.41, 5.74) is -0.254. The Balaban J connectivity index is 2.31. The van der Waals surface area contributed by atoms with Crippen molar-refractivity contribution in [2.24, 2.45) is 10.8 Å². The van der Waals surface area contributed by atoms with Gasteiger partial charge in [-0.1, -0.05) is 27.7 Å². The van der Waals surface area contributed by atoms with Crippen molar-refractivity contribution in [3.8, 4) is 0 Å². The lowest BCUT2D eigenvalue weighted by Gasteiger charge is -2.07. The van der Waals surface area contributed by atoms with Crippen molar-refractivity contribution in [1.29, 1.82) is 0 Å². The molecule has 0 aliphatic heterocycles. The first kappa shape index (κ1) is 15.9. The molecule has 1 saturated carbocycles. The van der Waals surface area contributed by atoms with E-state index in [1.54, 1.807) is 0 Å². The summed E-state index contributed by atoms with van der Waals surface area (Å²) in [4.78, 5) is 10.9. The van der Waals surface area contributed by atoms with Crippen molar-refractivity contribution in [3.63, 3.8) is 0 Å². The van der Waals surface area contributed by atoms with E-state index in [-0.39, 0.29) is 26.6 Å². The highest BCUT2D eigenvalue weighted by Gasteiger charge is 2.66. The smallest absolute Gasteiger partial charge is 0.345 e. The lowest BCUT2D eigenvalue weighted by atomic mass is 10.0. The average molecular weight is 382 g/mol. The molecule has 0 spiro atoms. The lowest BCUT2D eigenvalue weighted by Crippen LogP contribution is -2.29. The zero-order valence-electron chi connectivity index (χ0n) is 11.5. The molecule has 1 aromatic heterocycles. The quantitative estimate of drug-likeness (QED) is 0.839. The highest BCUT2D eigenvalue weighted by molar-refractivity contribution is 9.11. The molecule has 112 valence electrons. The lowest BCUT2D eigenvalue weighted by molar-refractivity contribution is 0.0702. The van der Waals surface area contributed by atoms with E-state index in [4.69, 9.17) is 5.11 Å². The van der Waals surface area contributed by atoms with Crippen LogP contribution in [0.15, 0.2) is 14.7 Å². The van der Waals surface area contributed by atoms with Gasteiger partial charge in [-0.2, -0.15) is 0 Å². The summed E-state index contributed by atoms with van der Waals surface area (Å²) >= 11 is 4.02. The van der Waals surface area contributed by atoms with E-state index in [0.717, 1.165) is 11.3 Å². The van der Waals surface area contributed by atoms with Crippen molar-refractivity contribution in [3.05, 3.63) is 14.7 Å². The molecule has 1 heterocycles. The van der Waals surface area contributed by atoms with Crippen molar-refractivity contribution in [2.45, 2.75) is 38.6 Å². The highest BCUT2D eigenvalue weighted by Crippen LogP contribution is 2.63. The number of sulfonamides is 1. The second kappa shape index (κ2) is 4.53. The SMILES string of the molecule is CC1(C)C(NS(=O)(=O)c2cc(C(=O)O)sc2Br)C1(C)C. The van der Waals surface area contributed by atoms with E-state index in [0.29, 0.717) is 3.79 Å². The van der Waals surface area contributed by atoms with Crippen LogP contribution in [-0.4, -0.2) is 25.5 Å². The molecule has 1 fully saturated rings. The zero-order chi connectivity index (χ0) is 15.5. The fourth-order valence-corrected chi connectivity index (χ4v) is 6.28. The molecular formula is C12H16BrNO4S2. The van der Waals surface area contributed by atoms with E-state index in [2.05, 4.69) is 20.7 Å². The third kappa shape index (κ3) is 2.32. The molecule has 1 aromatic rings. The standard InChI is InChI=1S/C12H16BrNO4S2/c1-11(2)10(12(11,3)4)14-20(17,18)7-5-6(9(15)16)19-8(7)13/h5,10,14H,1-4H3,(H,15,16). The molecule has 0 aromatic carbocycles. The Hall–Kier alpha value is -0.440. The van der Waals surface area contributed by atoms with Crippen LogP contribution in [0.3, 0.4) is 0 Å². The molecule has 5 nitrogen and oxygen atoms in total. The summed E-state index contributed by atoms with van der Waals surface area (Å²) in [5, 5.41) is 8.92. The van der Waals surface area contributed by atoms with Gasteiger partial charge in [0.1, 0.15) is 9.77 Å². The Morgan fingerprint density at radius 3 is 2.20 bits per heavy atom. The average Bonchev–Trinajstić information content (AvgIpc) is 2.66. The normalized spacial score (nSPS) is 20.9. The fourth-order valence-electron chi connectivity index (χ4n) is 2.35. The number of hydrogen-bond donors (Lipinski definition) is 2. The van der Waals surface area contributed by atoms with Crippen molar-refractivity contribution in [1.82, 2.24) is 4.72 Å². The predicted octanol–water partition coefficient (Wildman–Crippen LogP) is 2.92. The van der Waals surface area contributed by atoms with Gasteiger partial charge in [-0.3, -0.25) is 0 Å². The molecule has 0 amide bonds. The van der Waals surface area contributed by atoms with Crippen LogP contribution in [0.1, 0.15) is 37.4 Å². The molecule has 1 aliphatic carbocycles. The van der Waals surface area contributed by atoms with E-state index >= 15 is 0 Å². The number of nitrogens with one attached hydrogen (secondary N) is 1. The van der Waals surface area contributed by atoms with Gasteiger partial charge in [0.25, 0.3) is 0 Å². The van der Waals surface area contributed by atoms with Crippen LogP contribution in [0, 0.1) is 10.8 Å². The minimum absolute atomic E-state index is 0.00781. The molecule has 8 heteroatoms. The minimum atomic E-state index is -3.73. The summed E-state index contributed by atoms with van der Waals surface area (Å²) in [6, 6.07) is 1.02. The van der Waals surface area contributed by atoms with Gasteiger partial charge >= 0.3 is 5.97 Å². The molecule has 2 N–H and O–H groups in total. The first-order valence-electron chi connectivity index (χ1n) is 5.96. The van der Waals surface area contributed by atoms with Gasteiger partial charge in [-0.15, -0.1) is 11.3 Å². The van der Waals surface area contributed by atoms with E-state index in [1.807, 2.05) is 27.7 Å². The van der Waals surface area contributed by atoms with Crippen molar-refractivity contribution in [2.75, 3.05) is 0 Å². The molecule has 0 saturated heterocycles. The second-order valence-corrected chi connectivity index (χ2v) is 10.1. The van der Waals surface area contributed by atoms with Crippen LogP contribution in [0.5, 0.6) is 0 Å². The number of carboxylic acid groups (broad SMARTS) is 1. The van der Waals surface area contributed by atoms with Gasteiger partial charge in [-0.05, 0) is 32.8 Å². The summed E-state index contributed by atoms with van der Waals surface area (Å²) < 4.78 is 27.8. The van der Waals surface area contributed by atoms with Gasteiger partial charge in [0.15, 0.2) is 0 Å². The van der Waals surface area contributed by atoms with Gasteiger partial charge < -0.3 is 5.11 Å². The van der Waals surface area contributed by atoms with Crippen LogP contribution >= 0.6 is 27.3 Å². The summed E-state index contributed by atoms with van der Waals surface area (Å²) in [6.45, 7) is 8.02. The van der Waals surface area contributed by atoms with E-state index in [9.17, 15) is 13.2 Å². The first-order valence-corrected chi connectivity index (χ1v) is 9.05. The molecule has 20 heavy (non-hydrogen) atoms. The van der Waals surface area contributed by atoms with Gasteiger partial charge in [-0.25, -0.2) is 17.9 Å². The summed E-state index contributed by atoms with van der Waals surface area (Å²) in [7, 11) is -3.73. The predicted molar refractivity (Wildman–Crippen MR) is 80.6 cm³/mol. The van der Waals surface area contributed by atoms with Gasteiger partial charge in [0.05, 0.1) is 3.79 Å². The monoisotopic (exact) mass is 381 g/mol. The Morgan fingerprint density at radius 1 is 1.35 bits per heavy atom. The number of rotatable bonds is 4. The molecule has 0 radical (unpaired) electrons.